The first-order valence-corrected chi connectivity index (χ1v) is 6.99. The molecule has 1 aromatic carbocycles. The molecule has 2 aliphatic rings. The smallest absolute Gasteiger partial charge is 0.0830 e. The number of hydrogen-bond donors (Lipinski definition) is 0. The standard InChI is InChI=1S/C17H22O/c1-13-8-9-15-12-18-16(11-17(15,2)10-13)14-6-4-3-5-7-14/h3-8,15-16H,9-12H2,1-2H3/t15-,16-,17+/m1/s1. The van der Waals surface area contributed by atoms with E-state index in [2.05, 4.69) is 50.3 Å². The molecule has 18 heavy (non-hydrogen) atoms. The van der Waals surface area contributed by atoms with Crippen molar-refractivity contribution < 1.29 is 4.74 Å². The van der Waals surface area contributed by atoms with E-state index in [4.69, 9.17) is 4.74 Å². The fraction of sp³-hybridized carbons (Fsp3) is 0.529. The molecule has 0 spiro atoms. The van der Waals surface area contributed by atoms with Gasteiger partial charge in [0.25, 0.3) is 0 Å². The molecular formula is C17H22O. The van der Waals surface area contributed by atoms with Gasteiger partial charge in [-0.2, -0.15) is 0 Å². The predicted octanol–water partition coefficient (Wildman–Crippen LogP) is 4.51. The van der Waals surface area contributed by atoms with E-state index in [1.165, 1.54) is 18.4 Å². The van der Waals surface area contributed by atoms with Crippen LogP contribution in [0.25, 0.3) is 0 Å². The first-order valence-electron chi connectivity index (χ1n) is 6.99. The Morgan fingerprint density at radius 2 is 2.00 bits per heavy atom. The van der Waals surface area contributed by atoms with Gasteiger partial charge in [0, 0.05) is 0 Å². The highest BCUT2D eigenvalue weighted by atomic mass is 16.5. The Morgan fingerprint density at radius 1 is 1.22 bits per heavy atom. The van der Waals surface area contributed by atoms with Crippen LogP contribution in [0.5, 0.6) is 0 Å². The van der Waals surface area contributed by atoms with Gasteiger partial charge in [-0.05, 0) is 43.1 Å². The van der Waals surface area contributed by atoms with E-state index < -0.39 is 0 Å². The van der Waals surface area contributed by atoms with Gasteiger partial charge in [-0.3, -0.25) is 0 Å². The Balaban J connectivity index is 1.82. The Hall–Kier alpha value is -1.08. The van der Waals surface area contributed by atoms with Gasteiger partial charge in [0.05, 0.1) is 12.7 Å². The van der Waals surface area contributed by atoms with Crippen LogP contribution in [0.3, 0.4) is 0 Å². The van der Waals surface area contributed by atoms with Crippen LogP contribution >= 0.6 is 0 Å². The third kappa shape index (κ3) is 2.12. The van der Waals surface area contributed by atoms with Crippen LogP contribution in [0.2, 0.25) is 0 Å². The zero-order valence-electron chi connectivity index (χ0n) is 11.4. The van der Waals surface area contributed by atoms with Gasteiger partial charge in [-0.25, -0.2) is 0 Å². The third-order valence-electron chi connectivity index (χ3n) is 4.74. The minimum absolute atomic E-state index is 0.290. The Labute approximate surface area is 110 Å². The summed E-state index contributed by atoms with van der Waals surface area (Å²) in [5, 5.41) is 0. The highest BCUT2D eigenvalue weighted by Crippen LogP contribution is 2.50. The van der Waals surface area contributed by atoms with Crippen molar-refractivity contribution in [1.29, 1.82) is 0 Å². The van der Waals surface area contributed by atoms with E-state index in [1.54, 1.807) is 5.57 Å². The average Bonchev–Trinajstić information content (AvgIpc) is 2.38. The second kappa shape index (κ2) is 4.55. The van der Waals surface area contributed by atoms with Crippen molar-refractivity contribution in [2.75, 3.05) is 6.61 Å². The number of fused-ring (bicyclic) bond motifs is 1. The average molecular weight is 242 g/mol. The van der Waals surface area contributed by atoms with Crippen LogP contribution in [-0.4, -0.2) is 6.61 Å². The van der Waals surface area contributed by atoms with Crippen molar-refractivity contribution in [2.45, 2.75) is 39.2 Å². The summed E-state index contributed by atoms with van der Waals surface area (Å²) in [5.41, 5.74) is 3.32. The Morgan fingerprint density at radius 3 is 2.78 bits per heavy atom. The van der Waals surface area contributed by atoms with E-state index in [1.807, 2.05) is 0 Å². The van der Waals surface area contributed by atoms with Crippen molar-refractivity contribution >= 4 is 0 Å². The minimum atomic E-state index is 0.290. The number of allylic oxidation sites excluding steroid dienone is 2. The lowest BCUT2D eigenvalue weighted by Crippen LogP contribution is -2.40. The van der Waals surface area contributed by atoms with Crippen LogP contribution in [0.15, 0.2) is 42.0 Å². The van der Waals surface area contributed by atoms with Gasteiger partial charge in [-0.15, -0.1) is 0 Å². The summed E-state index contributed by atoms with van der Waals surface area (Å²) in [7, 11) is 0. The molecule has 1 saturated heterocycles. The summed E-state index contributed by atoms with van der Waals surface area (Å²) >= 11 is 0. The molecule has 1 nitrogen and oxygen atoms in total. The van der Waals surface area contributed by atoms with E-state index >= 15 is 0 Å². The number of ether oxygens (including phenoxy) is 1. The summed E-state index contributed by atoms with van der Waals surface area (Å²) < 4.78 is 6.10. The molecule has 3 rings (SSSR count). The molecule has 1 fully saturated rings. The highest BCUT2D eigenvalue weighted by molar-refractivity contribution is 5.20. The van der Waals surface area contributed by atoms with Crippen molar-refractivity contribution in [3.63, 3.8) is 0 Å². The molecule has 1 heteroatoms. The second-order valence-corrected chi connectivity index (χ2v) is 6.25. The monoisotopic (exact) mass is 242 g/mol. The van der Waals surface area contributed by atoms with Crippen molar-refractivity contribution in [3.8, 4) is 0 Å². The number of hydrogen-bond acceptors (Lipinski definition) is 1. The molecule has 0 radical (unpaired) electrons. The molecule has 0 N–H and O–H groups in total. The first-order chi connectivity index (χ1) is 8.67. The van der Waals surface area contributed by atoms with Gasteiger partial charge < -0.3 is 4.74 Å². The molecule has 0 saturated carbocycles. The molecule has 96 valence electrons. The van der Waals surface area contributed by atoms with E-state index in [0.717, 1.165) is 13.0 Å². The van der Waals surface area contributed by atoms with Gasteiger partial charge >= 0.3 is 0 Å². The predicted molar refractivity (Wildman–Crippen MR) is 74.3 cm³/mol. The number of benzene rings is 1. The molecular weight excluding hydrogens is 220 g/mol. The molecule has 1 aliphatic heterocycles. The Kier molecular flexibility index (Phi) is 3.03. The number of rotatable bonds is 1. The molecule has 0 amide bonds. The van der Waals surface area contributed by atoms with Gasteiger partial charge in [0.15, 0.2) is 0 Å². The van der Waals surface area contributed by atoms with Crippen LogP contribution in [0.1, 0.15) is 44.8 Å². The highest BCUT2D eigenvalue weighted by Gasteiger charge is 2.42. The van der Waals surface area contributed by atoms with Crippen LogP contribution in [-0.2, 0) is 4.74 Å². The summed E-state index contributed by atoms with van der Waals surface area (Å²) in [6, 6.07) is 10.7. The topological polar surface area (TPSA) is 9.23 Å². The molecule has 0 aromatic heterocycles. The van der Waals surface area contributed by atoms with Crippen molar-refractivity contribution in [1.82, 2.24) is 0 Å². The molecule has 1 aliphatic carbocycles. The lowest BCUT2D eigenvalue weighted by molar-refractivity contribution is -0.0900. The molecule has 1 aromatic rings. The lowest BCUT2D eigenvalue weighted by Gasteiger charge is -2.47. The van der Waals surface area contributed by atoms with Crippen LogP contribution in [0.4, 0.5) is 0 Å². The Bertz CT molecular complexity index is 448. The van der Waals surface area contributed by atoms with Crippen LogP contribution < -0.4 is 0 Å². The van der Waals surface area contributed by atoms with E-state index in [9.17, 15) is 0 Å². The van der Waals surface area contributed by atoms with Crippen molar-refractivity contribution in [2.24, 2.45) is 11.3 Å². The maximum absolute atomic E-state index is 6.10. The zero-order valence-corrected chi connectivity index (χ0v) is 11.4. The van der Waals surface area contributed by atoms with Gasteiger partial charge in [-0.1, -0.05) is 48.9 Å². The summed E-state index contributed by atoms with van der Waals surface area (Å²) in [4.78, 5) is 0. The third-order valence-corrected chi connectivity index (χ3v) is 4.74. The normalized spacial score (nSPS) is 35.8. The zero-order chi connectivity index (χ0) is 12.6. The summed E-state index contributed by atoms with van der Waals surface area (Å²) in [5.74, 6) is 0.709. The van der Waals surface area contributed by atoms with Gasteiger partial charge in [0.2, 0.25) is 0 Å². The summed E-state index contributed by atoms with van der Waals surface area (Å²) in [6.07, 6.45) is 6.29. The molecule has 1 heterocycles. The SMILES string of the molecule is CC1=CC[C@@H]2CO[C@@H](c3ccccc3)C[C@]2(C)C1. The van der Waals surface area contributed by atoms with E-state index in [0.29, 0.717) is 17.4 Å². The van der Waals surface area contributed by atoms with Crippen LogP contribution in [0, 0.1) is 11.3 Å². The van der Waals surface area contributed by atoms with E-state index in [-0.39, 0.29) is 0 Å². The maximum atomic E-state index is 6.10. The fourth-order valence-corrected chi connectivity index (χ4v) is 3.59. The summed E-state index contributed by atoms with van der Waals surface area (Å²) in [6.45, 7) is 5.64. The lowest BCUT2D eigenvalue weighted by atomic mass is 9.64. The van der Waals surface area contributed by atoms with Crippen molar-refractivity contribution in [3.05, 3.63) is 47.5 Å². The molecule has 3 atom stereocenters. The fourth-order valence-electron chi connectivity index (χ4n) is 3.59. The minimum Gasteiger partial charge on any atom is -0.373 e. The quantitative estimate of drug-likeness (QED) is 0.658. The second-order valence-electron chi connectivity index (χ2n) is 6.25. The maximum Gasteiger partial charge on any atom is 0.0830 e. The largest absolute Gasteiger partial charge is 0.373 e. The van der Waals surface area contributed by atoms with Gasteiger partial charge in [0.1, 0.15) is 0 Å². The molecule has 0 unspecified atom stereocenters. The molecule has 0 bridgehead atoms. The first kappa shape index (κ1) is 12.0.